The number of carbonyl (C=O) groups is 1. The molecule has 0 unspecified atom stereocenters. The van der Waals surface area contributed by atoms with Gasteiger partial charge < -0.3 is 10.2 Å². The molecule has 21 heavy (non-hydrogen) atoms. The lowest BCUT2D eigenvalue weighted by Gasteiger charge is -2.44. The SMILES string of the molecule is O=C(Cc1nsc2ccccc12)N[C@H]1CN2CCC1CC2. The second-order valence-electron chi connectivity index (χ2n) is 6.11. The Balaban J connectivity index is 1.44. The summed E-state index contributed by atoms with van der Waals surface area (Å²) >= 11 is 1.48. The van der Waals surface area contributed by atoms with Crippen LogP contribution in [-0.2, 0) is 11.2 Å². The minimum Gasteiger partial charge on any atom is -0.351 e. The first kappa shape index (κ1) is 13.2. The summed E-state index contributed by atoms with van der Waals surface area (Å²) in [5.41, 5.74) is 0.911. The third-order valence-electron chi connectivity index (χ3n) is 4.78. The lowest BCUT2D eigenvalue weighted by molar-refractivity contribution is -0.122. The van der Waals surface area contributed by atoms with Crippen LogP contribution < -0.4 is 5.32 Å². The molecule has 110 valence electrons. The molecule has 3 aliphatic heterocycles. The van der Waals surface area contributed by atoms with Crippen LogP contribution in [0.5, 0.6) is 0 Å². The van der Waals surface area contributed by atoms with Crippen molar-refractivity contribution in [1.29, 1.82) is 0 Å². The Morgan fingerprint density at radius 1 is 1.33 bits per heavy atom. The second kappa shape index (κ2) is 5.39. The monoisotopic (exact) mass is 301 g/mol. The standard InChI is InChI=1S/C16H19N3OS/c20-16(17-14-10-19-7-5-11(14)6-8-19)9-13-12-3-1-2-4-15(12)21-18-13/h1-4,11,14H,5-10H2,(H,17,20)/t14-/m0/s1. The largest absolute Gasteiger partial charge is 0.351 e. The van der Waals surface area contributed by atoms with Gasteiger partial charge in [-0.25, -0.2) is 0 Å². The zero-order chi connectivity index (χ0) is 14.2. The van der Waals surface area contributed by atoms with Crippen molar-refractivity contribution in [1.82, 2.24) is 14.6 Å². The lowest BCUT2D eigenvalue weighted by atomic mass is 9.84. The number of fused-ring (bicyclic) bond motifs is 4. The van der Waals surface area contributed by atoms with Crippen LogP contribution in [0.25, 0.3) is 10.1 Å². The minimum absolute atomic E-state index is 0.116. The summed E-state index contributed by atoms with van der Waals surface area (Å²) in [6, 6.07) is 8.46. The number of piperidine rings is 3. The first-order valence-electron chi connectivity index (χ1n) is 7.64. The summed E-state index contributed by atoms with van der Waals surface area (Å²) in [4.78, 5) is 14.8. The molecule has 0 aliphatic carbocycles. The average Bonchev–Trinajstić information content (AvgIpc) is 2.92. The molecule has 1 amide bonds. The van der Waals surface area contributed by atoms with E-state index in [0.717, 1.165) is 22.3 Å². The summed E-state index contributed by atoms with van der Waals surface area (Å²) < 4.78 is 5.60. The molecule has 0 radical (unpaired) electrons. The molecule has 4 heterocycles. The number of nitrogens with one attached hydrogen (secondary N) is 1. The molecule has 5 heteroatoms. The van der Waals surface area contributed by atoms with Crippen LogP contribution >= 0.6 is 11.5 Å². The quantitative estimate of drug-likeness (QED) is 0.944. The lowest BCUT2D eigenvalue weighted by Crippen LogP contribution is -2.57. The summed E-state index contributed by atoms with van der Waals surface area (Å²) in [6.45, 7) is 3.43. The first-order valence-corrected chi connectivity index (χ1v) is 8.42. The maximum atomic E-state index is 12.3. The number of amides is 1. The first-order chi connectivity index (χ1) is 10.3. The van der Waals surface area contributed by atoms with E-state index in [9.17, 15) is 4.79 Å². The molecule has 1 atom stereocenters. The molecule has 5 rings (SSSR count). The van der Waals surface area contributed by atoms with Crippen molar-refractivity contribution in [2.75, 3.05) is 19.6 Å². The molecule has 2 aromatic rings. The Labute approximate surface area is 128 Å². The van der Waals surface area contributed by atoms with E-state index >= 15 is 0 Å². The van der Waals surface area contributed by atoms with E-state index in [2.05, 4.69) is 26.7 Å². The van der Waals surface area contributed by atoms with Gasteiger partial charge in [-0.1, -0.05) is 18.2 Å². The molecule has 2 bridgehead atoms. The number of nitrogens with zero attached hydrogens (tertiary/aromatic N) is 2. The van der Waals surface area contributed by atoms with E-state index in [-0.39, 0.29) is 5.91 Å². The van der Waals surface area contributed by atoms with Crippen LogP contribution in [0.15, 0.2) is 24.3 Å². The maximum Gasteiger partial charge on any atom is 0.226 e. The fourth-order valence-electron chi connectivity index (χ4n) is 3.60. The number of carbonyl (C=O) groups excluding carboxylic acids is 1. The van der Waals surface area contributed by atoms with Crippen molar-refractivity contribution in [2.45, 2.75) is 25.3 Å². The van der Waals surface area contributed by atoms with Crippen LogP contribution in [0, 0.1) is 5.92 Å². The molecular weight excluding hydrogens is 282 g/mol. The Hall–Kier alpha value is -1.46. The van der Waals surface area contributed by atoms with Gasteiger partial charge in [-0.2, -0.15) is 4.37 Å². The third-order valence-corrected chi connectivity index (χ3v) is 5.65. The van der Waals surface area contributed by atoms with Gasteiger partial charge in [0.25, 0.3) is 0 Å². The van der Waals surface area contributed by atoms with Crippen LogP contribution in [0.3, 0.4) is 0 Å². The normalized spacial score (nSPS) is 27.9. The predicted molar refractivity (Wildman–Crippen MR) is 84.4 cm³/mol. The highest BCUT2D eigenvalue weighted by molar-refractivity contribution is 7.13. The van der Waals surface area contributed by atoms with Gasteiger partial charge in [0.15, 0.2) is 0 Å². The minimum atomic E-state index is 0.116. The molecule has 0 spiro atoms. The van der Waals surface area contributed by atoms with Crippen LogP contribution in [0.2, 0.25) is 0 Å². The Morgan fingerprint density at radius 3 is 2.90 bits per heavy atom. The molecule has 1 aromatic heterocycles. The maximum absolute atomic E-state index is 12.3. The van der Waals surface area contributed by atoms with Gasteiger partial charge >= 0.3 is 0 Å². The van der Waals surface area contributed by atoms with Crippen LogP contribution in [-0.4, -0.2) is 40.9 Å². The number of hydrogen-bond acceptors (Lipinski definition) is 4. The molecule has 1 N–H and O–H groups in total. The van der Waals surface area contributed by atoms with Gasteiger partial charge in [-0.05, 0) is 49.4 Å². The zero-order valence-corrected chi connectivity index (χ0v) is 12.7. The molecule has 3 fully saturated rings. The smallest absolute Gasteiger partial charge is 0.226 e. The van der Waals surface area contributed by atoms with Crippen molar-refractivity contribution in [2.24, 2.45) is 5.92 Å². The van der Waals surface area contributed by atoms with Crippen molar-refractivity contribution in [3.63, 3.8) is 0 Å². The molecule has 0 saturated carbocycles. The number of benzene rings is 1. The fourth-order valence-corrected chi connectivity index (χ4v) is 4.40. The number of aromatic nitrogens is 1. The fraction of sp³-hybridized carbons (Fsp3) is 0.500. The highest BCUT2D eigenvalue weighted by Gasteiger charge is 2.34. The summed E-state index contributed by atoms with van der Waals surface area (Å²) in [7, 11) is 0. The van der Waals surface area contributed by atoms with Crippen molar-refractivity contribution >= 4 is 27.5 Å². The van der Waals surface area contributed by atoms with Crippen molar-refractivity contribution in [3.8, 4) is 0 Å². The number of rotatable bonds is 3. The van der Waals surface area contributed by atoms with E-state index in [1.165, 1.54) is 37.5 Å². The van der Waals surface area contributed by atoms with Crippen molar-refractivity contribution in [3.05, 3.63) is 30.0 Å². The van der Waals surface area contributed by atoms with E-state index < -0.39 is 0 Å². The molecule has 4 nitrogen and oxygen atoms in total. The molecule has 1 aromatic carbocycles. The van der Waals surface area contributed by atoms with E-state index in [1.54, 1.807) is 0 Å². The van der Waals surface area contributed by atoms with Crippen LogP contribution in [0.4, 0.5) is 0 Å². The van der Waals surface area contributed by atoms with Gasteiger partial charge in [0, 0.05) is 18.0 Å². The van der Waals surface area contributed by atoms with Gasteiger partial charge in [-0.3, -0.25) is 4.79 Å². The van der Waals surface area contributed by atoms with Gasteiger partial charge in [0.2, 0.25) is 5.91 Å². The number of hydrogen-bond donors (Lipinski definition) is 1. The highest BCUT2D eigenvalue weighted by atomic mass is 32.1. The topological polar surface area (TPSA) is 45.2 Å². The van der Waals surface area contributed by atoms with E-state index in [4.69, 9.17) is 0 Å². The van der Waals surface area contributed by atoms with Gasteiger partial charge in [0.05, 0.1) is 16.8 Å². The summed E-state index contributed by atoms with van der Waals surface area (Å²) in [5, 5.41) is 4.35. The molecular formula is C16H19N3OS. The average molecular weight is 301 g/mol. The molecule has 3 saturated heterocycles. The summed E-state index contributed by atoms with van der Waals surface area (Å²) in [5.74, 6) is 0.788. The van der Waals surface area contributed by atoms with Crippen LogP contribution in [0.1, 0.15) is 18.5 Å². The second-order valence-corrected chi connectivity index (χ2v) is 6.92. The highest BCUT2D eigenvalue weighted by Crippen LogP contribution is 2.28. The molecule has 3 aliphatic rings. The Kier molecular flexibility index (Phi) is 3.39. The zero-order valence-electron chi connectivity index (χ0n) is 11.9. The summed E-state index contributed by atoms with van der Waals surface area (Å²) in [6.07, 6.45) is 2.85. The van der Waals surface area contributed by atoms with E-state index in [1.807, 2.05) is 12.1 Å². The Bertz CT molecular complexity index is 660. The third kappa shape index (κ3) is 2.56. The Morgan fingerprint density at radius 2 is 2.14 bits per heavy atom. The van der Waals surface area contributed by atoms with E-state index in [0.29, 0.717) is 18.4 Å². The van der Waals surface area contributed by atoms with Crippen molar-refractivity contribution < 1.29 is 4.79 Å². The van der Waals surface area contributed by atoms with Gasteiger partial charge in [0.1, 0.15) is 0 Å². The van der Waals surface area contributed by atoms with Gasteiger partial charge in [-0.15, -0.1) is 0 Å². The predicted octanol–water partition coefficient (Wildman–Crippen LogP) is 2.05.